The highest BCUT2D eigenvalue weighted by molar-refractivity contribution is 8.10. The van der Waals surface area contributed by atoms with Crippen LogP contribution in [0.4, 0.5) is 4.79 Å². The fourth-order valence-electron chi connectivity index (χ4n) is 4.40. The highest BCUT2D eigenvalue weighted by Gasteiger charge is 2.52. The Bertz CT molecular complexity index is 1270. The minimum absolute atomic E-state index is 0.0353. The number of nitrogens with zero attached hydrogens (tertiary/aromatic N) is 5. The molecule has 2 aromatic rings. The predicted molar refractivity (Wildman–Crippen MR) is 147 cm³/mol. The lowest BCUT2D eigenvalue weighted by molar-refractivity contribution is -0.146. The Balaban J connectivity index is 1.43. The topological polar surface area (TPSA) is 183 Å². The Kier molecular flexibility index (Phi) is 10.2. The van der Waals surface area contributed by atoms with Gasteiger partial charge in [-0.1, -0.05) is 17.7 Å². The van der Waals surface area contributed by atoms with E-state index in [9.17, 15) is 27.7 Å². The van der Waals surface area contributed by atoms with Crippen molar-refractivity contribution in [3.8, 4) is 0 Å². The van der Waals surface area contributed by atoms with Gasteiger partial charge in [0, 0.05) is 31.1 Å². The standard InChI is InChI=1S/C26H39N5O9S/c1-26(2,3)40-25(34)31-17-21(13-22(31)24(33)38-4)41(35,36,37)12-7-5-6-10-23(32)39-18-20-16-30(29-28-20)15-19-9-8-11-27-14-19/h8-9,11,14,16,21-22H,5-7,10,12-13,15,17-18H2,1-4H3,(H2,35,36,37)/t21-,22+/m1/s1. The first kappa shape index (κ1) is 32.1. The van der Waals surface area contributed by atoms with E-state index in [0.29, 0.717) is 25.1 Å². The molecule has 0 aliphatic carbocycles. The molecule has 2 aromatic heterocycles. The van der Waals surface area contributed by atoms with Crippen LogP contribution in [0, 0.1) is 0 Å². The second-order valence-electron chi connectivity index (χ2n) is 11.1. The van der Waals surface area contributed by atoms with E-state index in [4.69, 9.17) is 14.2 Å². The molecule has 1 saturated heterocycles. The number of methoxy groups -OCH3 is 1. The van der Waals surface area contributed by atoms with Crippen LogP contribution in [0.1, 0.15) is 64.1 Å². The smallest absolute Gasteiger partial charge is 0.411 e. The molecular formula is C26H39N5O9S. The van der Waals surface area contributed by atoms with Gasteiger partial charge in [0.25, 0.3) is 0 Å². The maximum absolute atomic E-state index is 13.2. The zero-order chi connectivity index (χ0) is 30.3. The molecule has 15 heteroatoms. The summed E-state index contributed by atoms with van der Waals surface area (Å²) in [4.78, 5) is 42.1. The molecule has 2 atom stereocenters. The molecule has 0 spiro atoms. The Hall–Kier alpha value is -3.43. The molecule has 0 radical (unpaired) electrons. The van der Waals surface area contributed by atoms with Crippen molar-refractivity contribution < 1.29 is 41.9 Å². The third-order valence-corrected chi connectivity index (χ3v) is 9.21. The van der Waals surface area contributed by atoms with E-state index in [1.54, 1.807) is 44.0 Å². The van der Waals surface area contributed by atoms with Gasteiger partial charge in [0.1, 0.15) is 23.9 Å². The number of amides is 1. The number of hydrogen-bond donors (Lipinski definition) is 2. The molecule has 3 heterocycles. The first-order valence-corrected chi connectivity index (χ1v) is 15.4. The minimum atomic E-state index is -5.22. The van der Waals surface area contributed by atoms with Crippen molar-refractivity contribution in [3.63, 3.8) is 0 Å². The lowest BCUT2D eigenvalue weighted by atomic mass is 10.2. The monoisotopic (exact) mass is 597 g/mol. The van der Waals surface area contributed by atoms with E-state index in [-0.39, 0.29) is 32.4 Å². The Morgan fingerprint density at radius 1 is 1.17 bits per heavy atom. The number of likely N-dealkylation sites (tertiary alicyclic amines) is 1. The number of unbranched alkanes of at least 4 members (excludes halogenated alkanes) is 2. The van der Waals surface area contributed by atoms with Gasteiger partial charge >= 0.3 is 18.0 Å². The van der Waals surface area contributed by atoms with Gasteiger partial charge in [-0.3, -0.25) is 14.7 Å². The number of ether oxygens (including phenoxy) is 3. The van der Waals surface area contributed by atoms with Crippen molar-refractivity contribution >= 4 is 27.7 Å². The number of aromatic nitrogens is 4. The van der Waals surface area contributed by atoms with E-state index in [0.717, 1.165) is 17.6 Å². The number of carbonyl (C=O) groups is 3. The third-order valence-electron chi connectivity index (χ3n) is 6.48. The molecule has 0 unspecified atom stereocenters. The number of carbonyl (C=O) groups excluding carboxylic acids is 3. The minimum Gasteiger partial charge on any atom is -0.467 e. The van der Waals surface area contributed by atoms with Crippen LogP contribution in [0.5, 0.6) is 0 Å². The first-order chi connectivity index (χ1) is 19.1. The number of rotatable bonds is 12. The van der Waals surface area contributed by atoms with Crippen molar-refractivity contribution in [3.05, 3.63) is 42.0 Å². The quantitative estimate of drug-likeness (QED) is 0.207. The summed E-state index contributed by atoms with van der Waals surface area (Å²) in [6.07, 6.45) is 4.95. The Labute approximate surface area is 238 Å². The van der Waals surface area contributed by atoms with E-state index in [1.165, 1.54) is 0 Å². The molecule has 0 bridgehead atoms. The lowest BCUT2D eigenvalue weighted by Crippen LogP contribution is -2.48. The average molecular weight is 598 g/mol. The van der Waals surface area contributed by atoms with Gasteiger partial charge in [0.05, 0.1) is 34.7 Å². The molecule has 1 fully saturated rings. The van der Waals surface area contributed by atoms with Crippen LogP contribution in [0.2, 0.25) is 0 Å². The maximum atomic E-state index is 13.2. The van der Waals surface area contributed by atoms with Crippen molar-refractivity contribution in [1.82, 2.24) is 24.9 Å². The molecule has 2 N–H and O–H groups in total. The highest BCUT2D eigenvalue weighted by Crippen LogP contribution is 2.36. The fourth-order valence-corrected chi connectivity index (χ4v) is 6.51. The summed E-state index contributed by atoms with van der Waals surface area (Å²) >= 11 is 0. The third kappa shape index (κ3) is 9.57. The Morgan fingerprint density at radius 3 is 2.59 bits per heavy atom. The number of pyridine rings is 1. The van der Waals surface area contributed by atoms with Crippen LogP contribution in [0.15, 0.2) is 30.7 Å². The van der Waals surface area contributed by atoms with Gasteiger partial charge in [-0.2, -0.15) is 0 Å². The van der Waals surface area contributed by atoms with Crippen LogP contribution >= 0.6 is 0 Å². The van der Waals surface area contributed by atoms with Crippen LogP contribution in [-0.4, -0.2) is 92.5 Å². The van der Waals surface area contributed by atoms with Crippen LogP contribution < -0.4 is 0 Å². The predicted octanol–water partition coefficient (Wildman–Crippen LogP) is 2.64. The molecule has 0 saturated carbocycles. The summed E-state index contributed by atoms with van der Waals surface area (Å²) in [6.45, 7) is 5.07. The number of esters is 2. The van der Waals surface area contributed by atoms with Gasteiger partial charge in [0.15, 0.2) is 0 Å². The van der Waals surface area contributed by atoms with Crippen LogP contribution in [0.25, 0.3) is 0 Å². The molecule has 1 aliphatic heterocycles. The van der Waals surface area contributed by atoms with Gasteiger partial charge < -0.3 is 23.3 Å². The fraction of sp³-hybridized carbons (Fsp3) is 0.615. The molecule has 1 aliphatic rings. The molecular weight excluding hydrogens is 558 g/mol. The molecule has 41 heavy (non-hydrogen) atoms. The summed E-state index contributed by atoms with van der Waals surface area (Å²) in [7, 11) is -4.08. The SMILES string of the molecule is COC(=O)[C@@H]1C[C@@H](S(=O)(O)(O)CCCCCC(=O)OCc2cn(Cc3cccnc3)nn2)CN1C(=O)OC(C)(C)C. The van der Waals surface area contributed by atoms with Crippen molar-refractivity contribution in [2.24, 2.45) is 0 Å². The summed E-state index contributed by atoms with van der Waals surface area (Å²) in [5.41, 5.74) is 0.595. The first-order valence-electron chi connectivity index (χ1n) is 13.3. The molecule has 228 valence electrons. The second-order valence-corrected chi connectivity index (χ2v) is 14.3. The van der Waals surface area contributed by atoms with E-state index in [2.05, 4.69) is 15.3 Å². The average Bonchev–Trinajstić information content (AvgIpc) is 3.54. The summed E-state index contributed by atoms with van der Waals surface area (Å²) in [6, 6.07) is 2.58. The molecule has 0 aromatic carbocycles. The van der Waals surface area contributed by atoms with Gasteiger partial charge in [-0.05, 0) is 51.7 Å². The summed E-state index contributed by atoms with van der Waals surface area (Å²) in [5.74, 6) is -1.69. The van der Waals surface area contributed by atoms with Crippen LogP contribution in [-0.2, 0) is 46.6 Å². The molecule has 14 nitrogen and oxygen atoms in total. The molecule has 1 amide bonds. The van der Waals surface area contributed by atoms with Crippen molar-refractivity contribution in [2.75, 3.05) is 19.4 Å². The zero-order valence-corrected chi connectivity index (χ0v) is 24.6. The van der Waals surface area contributed by atoms with Crippen molar-refractivity contribution in [1.29, 1.82) is 0 Å². The molecule has 3 rings (SSSR count). The largest absolute Gasteiger partial charge is 0.467 e. The second kappa shape index (κ2) is 13.0. The van der Waals surface area contributed by atoms with E-state index < -0.39 is 50.3 Å². The van der Waals surface area contributed by atoms with Gasteiger partial charge in [0.2, 0.25) is 0 Å². The summed E-state index contributed by atoms with van der Waals surface area (Å²) < 4.78 is 51.7. The number of hydrogen-bond acceptors (Lipinski definition) is 10. The zero-order valence-electron chi connectivity index (χ0n) is 23.8. The highest BCUT2D eigenvalue weighted by atomic mass is 32.3. The summed E-state index contributed by atoms with van der Waals surface area (Å²) in [5, 5.41) is 6.73. The van der Waals surface area contributed by atoms with Gasteiger partial charge in [-0.15, -0.1) is 5.10 Å². The lowest BCUT2D eigenvalue weighted by Gasteiger charge is -2.36. The van der Waals surface area contributed by atoms with Crippen LogP contribution in [0.3, 0.4) is 0 Å². The van der Waals surface area contributed by atoms with Gasteiger partial charge in [-0.25, -0.2) is 18.5 Å². The van der Waals surface area contributed by atoms with E-state index >= 15 is 0 Å². The van der Waals surface area contributed by atoms with Crippen molar-refractivity contribution in [2.45, 2.75) is 82.9 Å². The normalized spacial score (nSPS) is 18.4. The maximum Gasteiger partial charge on any atom is 0.411 e. The Morgan fingerprint density at radius 2 is 1.93 bits per heavy atom. The van der Waals surface area contributed by atoms with E-state index in [1.807, 2.05) is 12.1 Å².